The molecule has 3 heteroatoms. The van der Waals surface area contributed by atoms with Crippen LogP contribution in [0.5, 0.6) is 0 Å². The molecule has 5 aliphatic carbocycles. The minimum atomic E-state index is -1.34. The average Bonchev–Trinajstić information content (AvgIpc) is 3.04. The van der Waals surface area contributed by atoms with Crippen LogP contribution in [0.15, 0.2) is 81.3 Å². The Labute approximate surface area is 242 Å². The summed E-state index contributed by atoms with van der Waals surface area (Å²) in [5.74, 6) is 7.11. The molecule has 7 rings (SSSR count). The molecule has 4 bridgehead atoms. The van der Waals surface area contributed by atoms with Crippen molar-refractivity contribution in [1.29, 1.82) is 0 Å². The first kappa shape index (κ1) is 28.7. The Balaban J connectivity index is 0.000000204. The third kappa shape index (κ3) is 5.65. The first-order chi connectivity index (χ1) is 17.9. The molecule has 5 aliphatic rings. The van der Waals surface area contributed by atoms with Crippen LogP contribution in [0.25, 0.3) is 11.1 Å². The molecule has 1 nitrogen and oxygen atoms in total. The van der Waals surface area contributed by atoms with Gasteiger partial charge in [-0.3, -0.25) is 0 Å². The summed E-state index contributed by atoms with van der Waals surface area (Å²) < 4.78 is 6.57. The van der Waals surface area contributed by atoms with E-state index in [-0.39, 0.29) is 0 Å². The topological polar surface area (TPSA) is 12.0 Å². The van der Waals surface area contributed by atoms with Crippen molar-refractivity contribution in [2.24, 2.45) is 22.7 Å². The molecule has 0 radical (unpaired) electrons. The largest absolute Gasteiger partial charge is 0.0622 e. The quantitative estimate of drug-likeness (QED) is 0.335. The van der Waals surface area contributed by atoms with Crippen LogP contribution in [0.2, 0.25) is 11.5 Å². The van der Waals surface area contributed by atoms with Gasteiger partial charge in [0.2, 0.25) is 0 Å². The second-order valence-electron chi connectivity index (χ2n) is 14.4. The smallest absolute Gasteiger partial charge is 0.0184 e. The molecule has 3 atom stereocenters. The van der Waals surface area contributed by atoms with Gasteiger partial charge in [-0.2, -0.15) is 0 Å². The van der Waals surface area contributed by atoms with E-state index < -0.39 is 27.4 Å². The van der Waals surface area contributed by atoms with Crippen molar-refractivity contribution in [2.45, 2.75) is 97.1 Å². The van der Waals surface area contributed by atoms with Crippen molar-refractivity contribution >= 4 is 11.5 Å². The summed E-state index contributed by atoms with van der Waals surface area (Å²) in [6.07, 6.45) is 8.98. The van der Waals surface area contributed by atoms with Crippen molar-refractivity contribution in [2.75, 3.05) is 0 Å². The van der Waals surface area contributed by atoms with E-state index in [4.69, 9.17) is 0 Å². The van der Waals surface area contributed by atoms with E-state index in [1.807, 2.05) is 16.0 Å². The van der Waals surface area contributed by atoms with E-state index in [9.17, 15) is 0 Å². The third-order valence-electron chi connectivity index (χ3n) is 10.4. The predicted molar refractivity (Wildman–Crippen MR) is 164 cm³/mol. The molecular formula is C35H50GeNTi. The summed E-state index contributed by atoms with van der Waals surface area (Å²) in [5, 5.41) is 0. The van der Waals surface area contributed by atoms with Gasteiger partial charge in [0, 0.05) is 0 Å². The van der Waals surface area contributed by atoms with Gasteiger partial charge in [-0.15, -0.1) is 0 Å². The maximum Gasteiger partial charge on any atom is -0.0184 e. The van der Waals surface area contributed by atoms with E-state index in [0.717, 1.165) is 11.8 Å². The van der Waals surface area contributed by atoms with Gasteiger partial charge >= 0.3 is 172 Å². The van der Waals surface area contributed by atoms with Crippen LogP contribution in [0, 0.1) is 22.7 Å². The molecule has 1 N–H and O–H groups in total. The first-order valence-electron chi connectivity index (χ1n) is 15.1. The number of hydrogen-bond acceptors (Lipinski definition) is 1. The first-order valence-corrected chi connectivity index (χ1v) is 27.4. The second-order valence-corrected chi connectivity index (χ2v) is 36.1. The molecule has 4 saturated carbocycles. The van der Waals surface area contributed by atoms with Crippen molar-refractivity contribution in [3.63, 3.8) is 0 Å². The number of benzene rings is 2. The number of nitrogens with one attached hydrogen (secondary N) is 1. The van der Waals surface area contributed by atoms with Gasteiger partial charge in [0.05, 0.1) is 0 Å². The van der Waals surface area contributed by atoms with Crippen LogP contribution in [0.4, 0.5) is 0 Å². The standard InChI is InChI=1S/C12H20N.C12H10.C9H13.C2H7Ge.Ti/c1-10-3-9-4-11(2,6-10)8-12(13,5-9)7-10;1-3-7-11(8-4-1)12-9-5-2-6-10-12;1-6-5-7(2)9(4)8(6)3;1-3-2;/h9,13H,3-8H2,1-2H3;1-10H;6H,1-4H3;3H,1-2H3;/q-1;;;;+1. The molecule has 38 heavy (non-hydrogen) atoms. The zero-order chi connectivity index (χ0) is 27.3. The molecule has 2 aromatic rings. The van der Waals surface area contributed by atoms with Crippen LogP contribution in [-0.2, 0) is 15.9 Å². The molecule has 2 aromatic carbocycles. The Kier molecular flexibility index (Phi) is 8.18. The maximum atomic E-state index is 4.62. The van der Waals surface area contributed by atoms with Crippen molar-refractivity contribution in [1.82, 2.24) is 3.80 Å². The van der Waals surface area contributed by atoms with Gasteiger partial charge in [0.25, 0.3) is 0 Å². The second kappa shape index (κ2) is 10.8. The summed E-state index contributed by atoms with van der Waals surface area (Å²) in [7, 11) is 0. The summed E-state index contributed by atoms with van der Waals surface area (Å²) in [6.45, 7) is 15.0. The van der Waals surface area contributed by atoms with Gasteiger partial charge in [0.1, 0.15) is 0 Å². The van der Waals surface area contributed by atoms with Crippen LogP contribution in [0.3, 0.4) is 0 Å². The van der Waals surface area contributed by atoms with Crippen molar-refractivity contribution < 1.29 is 15.9 Å². The predicted octanol–water partition coefficient (Wildman–Crippen LogP) is 9.46. The minimum absolute atomic E-state index is 0.505. The molecule has 4 fully saturated rings. The number of rotatable bonds is 5. The van der Waals surface area contributed by atoms with Gasteiger partial charge in [-0.25, -0.2) is 0 Å². The normalized spacial score (nSPS) is 33.6. The maximum absolute atomic E-state index is 4.62. The molecule has 0 heterocycles. The van der Waals surface area contributed by atoms with E-state index in [0.29, 0.717) is 16.4 Å². The van der Waals surface area contributed by atoms with Gasteiger partial charge in [0.15, 0.2) is 0 Å². The average molecular weight is 605 g/mol. The van der Waals surface area contributed by atoms with Crippen molar-refractivity contribution in [3.8, 4) is 11.1 Å². The molecule has 0 aliphatic heterocycles. The Morgan fingerprint density at radius 1 is 0.737 bits per heavy atom. The van der Waals surface area contributed by atoms with E-state index in [1.54, 1.807) is 16.7 Å². The van der Waals surface area contributed by atoms with Gasteiger partial charge in [-0.1, -0.05) is 60.7 Å². The Bertz CT molecular complexity index is 1160. The fourth-order valence-electron chi connectivity index (χ4n) is 9.46. The molecular weight excluding hydrogens is 555 g/mol. The summed E-state index contributed by atoms with van der Waals surface area (Å²) >= 11 is -2.53. The monoisotopic (exact) mass is 606 g/mol. The van der Waals surface area contributed by atoms with Crippen LogP contribution in [-0.4, -0.2) is 17.1 Å². The van der Waals surface area contributed by atoms with E-state index >= 15 is 0 Å². The number of allylic oxidation sites excluding steroid dienone is 4. The minimum Gasteiger partial charge on any atom is -0.0622 e. The molecule has 0 saturated heterocycles. The molecule has 0 spiro atoms. The Morgan fingerprint density at radius 2 is 1.24 bits per heavy atom. The zero-order valence-electron chi connectivity index (χ0n) is 25.2. The van der Waals surface area contributed by atoms with Crippen LogP contribution >= 0.6 is 0 Å². The summed E-state index contributed by atoms with van der Waals surface area (Å²) in [5.41, 5.74) is 9.29. The van der Waals surface area contributed by atoms with Gasteiger partial charge in [-0.05, 0) is 11.1 Å². The Hall–Kier alpha value is -0.863. The van der Waals surface area contributed by atoms with Crippen LogP contribution in [0.1, 0.15) is 80.1 Å². The molecule has 203 valence electrons. The fourth-order valence-corrected chi connectivity index (χ4v) is 29.0. The molecule has 0 amide bonds. The van der Waals surface area contributed by atoms with Crippen molar-refractivity contribution in [3.05, 3.63) is 81.3 Å². The van der Waals surface area contributed by atoms with Crippen LogP contribution < -0.4 is 3.80 Å². The fraction of sp³-hybridized carbons (Fsp3) is 0.543. The molecule has 0 aromatic heterocycles. The van der Waals surface area contributed by atoms with E-state index in [1.165, 1.54) is 49.7 Å². The summed E-state index contributed by atoms with van der Waals surface area (Å²) in [6, 6.07) is 20.8. The van der Waals surface area contributed by atoms with Gasteiger partial charge < -0.3 is 0 Å². The summed E-state index contributed by atoms with van der Waals surface area (Å²) in [4.78, 5) is 0. The zero-order valence-corrected chi connectivity index (χ0v) is 29.2. The molecule has 3 unspecified atom stereocenters. The third-order valence-corrected chi connectivity index (χ3v) is 29.6. The Morgan fingerprint density at radius 3 is 1.63 bits per heavy atom. The van der Waals surface area contributed by atoms with E-state index in [2.05, 4.69) is 105 Å². The number of hydrogen-bond donors (Lipinski definition) is 1. The SMILES string of the molecule is CC1=C(C)C(C)[C]([Ti]([NH]C23CC4CC(C)(CC(C)(C4)C2)C3)[GeH]([CH3])[CH3])=C1C.c1ccc(-c2ccccc2)cc1.